The molecule has 0 bridgehead atoms. The number of hydrogen-bond acceptors (Lipinski definition) is 3. The average molecular weight is 310 g/mol. The quantitative estimate of drug-likeness (QED) is 0.891. The zero-order chi connectivity index (χ0) is 15.4. The van der Waals surface area contributed by atoms with Gasteiger partial charge in [0.1, 0.15) is 11.5 Å². The number of aromatic nitrogens is 1. The van der Waals surface area contributed by atoms with Gasteiger partial charge in [-0.15, -0.1) is 0 Å². The van der Waals surface area contributed by atoms with E-state index in [2.05, 4.69) is 29.5 Å². The highest BCUT2D eigenvalue weighted by atomic mass is 35.5. The maximum atomic E-state index is 12.4. The van der Waals surface area contributed by atoms with Crippen LogP contribution in [0.3, 0.4) is 0 Å². The predicted molar refractivity (Wildman–Crippen MR) is 86.8 cm³/mol. The summed E-state index contributed by atoms with van der Waals surface area (Å²) in [4.78, 5) is 16.7. The molecule has 3 atom stereocenters. The van der Waals surface area contributed by atoms with Crippen molar-refractivity contribution in [1.82, 2.24) is 10.3 Å². The highest BCUT2D eigenvalue weighted by molar-refractivity contribution is 6.33. The lowest BCUT2D eigenvalue weighted by atomic mass is 9.80. The van der Waals surface area contributed by atoms with Crippen LogP contribution in [0.4, 0.5) is 5.82 Å². The number of nitrogens with one attached hydrogen (secondary N) is 2. The van der Waals surface area contributed by atoms with Crippen molar-refractivity contribution >= 4 is 23.3 Å². The average Bonchev–Trinajstić information content (AvgIpc) is 2.44. The van der Waals surface area contributed by atoms with Crippen LogP contribution in [0.25, 0.3) is 0 Å². The van der Waals surface area contributed by atoms with E-state index in [1.807, 2.05) is 6.92 Å². The summed E-state index contributed by atoms with van der Waals surface area (Å²) in [5, 5.41) is 6.59. The number of rotatable bonds is 4. The smallest absolute Gasteiger partial charge is 0.271 e. The van der Waals surface area contributed by atoms with Crippen molar-refractivity contribution in [3.8, 4) is 0 Å². The minimum atomic E-state index is -0.175. The molecule has 0 saturated heterocycles. The summed E-state index contributed by atoms with van der Waals surface area (Å²) in [6.07, 6.45) is 3.34. The second-order valence-corrected chi connectivity index (χ2v) is 6.44. The van der Waals surface area contributed by atoms with Crippen molar-refractivity contribution in [3.05, 3.63) is 22.8 Å². The number of carbonyl (C=O) groups is 1. The molecule has 116 valence electrons. The van der Waals surface area contributed by atoms with Crippen molar-refractivity contribution in [1.29, 1.82) is 0 Å². The first-order valence-electron chi connectivity index (χ1n) is 7.72. The van der Waals surface area contributed by atoms with Gasteiger partial charge in [-0.05, 0) is 50.2 Å². The summed E-state index contributed by atoms with van der Waals surface area (Å²) < 4.78 is 0. The number of anilines is 1. The number of hydrogen-bond donors (Lipinski definition) is 2. The molecule has 1 aliphatic rings. The Labute approximate surface area is 131 Å². The Morgan fingerprint density at radius 1 is 1.38 bits per heavy atom. The SMILES string of the molecule is CCNc1ccc(Cl)c(C(=O)NC2CCC(C)CC2C)n1. The van der Waals surface area contributed by atoms with E-state index in [4.69, 9.17) is 11.6 Å². The fourth-order valence-electron chi connectivity index (χ4n) is 3.00. The van der Waals surface area contributed by atoms with Gasteiger partial charge in [-0.2, -0.15) is 0 Å². The van der Waals surface area contributed by atoms with Crippen molar-refractivity contribution in [2.24, 2.45) is 11.8 Å². The normalized spacial score (nSPS) is 25.4. The van der Waals surface area contributed by atoms with Gasteiger partial charge in [0.15, 0.2) is 0 Å². The Hall–Kier alpha value is -1.29. The molecule has 1 aromatic rings. The molecule has 4 nitrogen and oxygen atoms in total. The van der Waals surface area contributed by atoms with Gasteiger partial charge in [0.2, 0.25) is 0 Å². The first kappa shape index (κ1) is 16.1. The number of halogens is 1. The first-order chi connectivity index (χ1) is 10.0. The van der Waals surface area contributed by atoms with Gasteiger partial charge in [-0.1, -0.05) is 25.4 Å². The van der Waals surface area contributed by atoms with Gasteiger partial charge >= 0.3 is 0 Å². The van der Waals surface area contributed by atoms with Gasteiger partial charge < -0.3 is 10.6 Å². The van der Waals surface area contributed by atoms with Gasteiger partial charge in [-0.3, -0.25) is 4.79 Å². The van der Waals surface area contributed by atoms with Crippen molar-refractivity contribution in [2.75, 3.05) is 11.9 Å². The molecular formula is C16H24ClN3O. The van der Waals surface area contributed by atoms with E-state index in [1.165, 1.54) is 0 Å². The molecule has 0 aliphatic heterocycles. The summed E-state index contributed by atoms with van der Waals surface area (Å²) in [5.74, 6) is 1.74. The largest absolute Gasteiger partial charge is 0.370 e. The van der Waals surface area contributed by atoms with Crippen LogP contribution in [0.15, 0.2) is 12.1 Å². The molecule has 1 amide bonds. The highest BCUT2D eigenvalue weighted by Gasteiger charge is 2.27. The van der Waals surface area contributed by atoms with Crippen LogP contribution in [0.2, 0.25) is 5.02 Å². The maximum Gasteiger partial charge on any atom is 0.271 e. The highest BCUT2D eigenvalue weighted by Crippen LogP contribution is 2.29. The molecule has 1 fully saturated rings. The van der Waals surface area contributed by atoms with E-state index in [1.54, 1.807) is 12.1 Å². The molecule has 1 aliphatic carbocycles. The molecule has 2 N–H and O–H groups in total. The van der Waals surface area contributed by atoms with Crippen LogP contribution in [0, 0.1) is 11.8 Å². The third-order valence-corrected chi connectivity index (χ3v) is 4.47. The monoisotopic (exact) mass is 309 g/mol. The summed E-state index contributed by atoms with van der Waals surface area (Å²) in [5.41, 5.74) is 0.306. The number of pyridine rings is 1. The summed E-state index contributed by atoms with van der Waals surface area (Å²) >= 11 is 6.12. The summed E-state index contributed by atoms with van der Waals surface area (Å²) in [6.45, 7) is 7.21. The first-order valence-corrected chi connectivity index (χ1v) is 8.10. The Morgan fingerprint density at radius 2 is 2.14 bits per heavy atom. The van der Waals surface area contributed by atoms with Crippen molar-refractivity contribution in [3.63, 3.8) is 0 Å². The molecule has 0 spiro atoms. The number of carbonyl (C=O) groups excluding carboxylic acids is 1. The van der Waals surface area contributed by atoms with Crippen molar-refractivity contribution in [2.45, 2.75) is 46.1 Å². The number of nitrogens with zero attached hydrogens (tertiary/aromatic N) is 1. The second-order valence-electron chi connectivity index (χ2n) is 6.03. The Morgan fingerprint density at radius 3 is 2.81 bits per heavy atom. The van der Waals surface area contributed by atoms with Gasteiger partial charge in [-0.25, -0.2) is 4.98 Å². The molecule has 0 aromatic carbocycles. The molecule has 1 saturated carbocycles. The minimum absolute atomic E-state index is 0.175. The fourth-order valence-corrected chi connectivity index (χ4v) is 3.19. The van der Waals surface area contributed by atoms with Crippen LogP contribution >= 0.6 is 11.6 Å². The Bertz CT molecular complexity index is 506. The zero-order valence-electron chi connectivity index (χ0n) is 12.9. The van der Waals surface area contributed by atoms with Crippen LogP contribution in [-0.4, -0.2) is 23.5 Å². The standard InChI is InChI=1S/C16H24ClN3O/c1-4-18-14-8-6-12(17)15(20-14)16(21)19-13-7-5-10(2)9-11(13)3/h6,8,10-11,13H,4-5,7,9H2,1-3H3,(H,18,20)(H,19,21). The fraction of sp³-hybridized carbons (Fsp3) is 0.625. The molecule has 1 heterocycles. The molecular weight excluding hydrogens is 286 g/mol. The van der Waals surface area contributed by atoms with E-state index in [0.29, 0.717) is 22.5 Å². The van der Waals surface area contributed by atoms with Crippen LogP contribution in [-0.2, 0) is 0 Å². The van der Waals surface area contributed by atoms with E-state index in [-0.39, 0.29) is 11.9 Å². The molecule has 5 heteroatoms. The Kier molecular flexibility index (Phi) is 5.45. The third kappa shape index (κ3) is 4.10. The van der Waals surface area contributed by atoms with Crippen LogP contribution < -0.4 is 10.6 Å². The van der Waals surface area contributed by atoms with E-state index in [9.17, 15) is 4.79 Å². The van der Waals surface area contributed by atoms with Crippen molar-refractivity contribution < 1.29 is 4.79 Å². The third-order valence-electron chi connectivity index (χ3n) is 4.17. The maximum absolute atomic E-state index is 12.4. The van der Waals surface area contributed by atoms with E-state index in [0.717, 1.165) is 31.7 Å². The topological polar surface area (TPSA) is 54.0 Å². The second kappa shape index (κ2) is 7.12. The van der Waals surface area contributed by atoms with E-state index >= 15 is 0 Å². The lowest BCUT2D eigenvalue weighted by molar-refractivity contribution is 0.0895. The van der Waals surface area contributed by atoms with Gasteiger partial charge in [0.05, 0.1) is 5.02 Å². The summed E-state index contributed by atoms with van der Waals surface area (Å²) in [7, 11) is 0. The predicted octanol–water partition coefficient (Wildman–Crippen LogP) is 3.72. The number of amides is 1. The molecule has 2 rings (SSSR count). The lowest BCUT2D eigenvalue weighted by Crippen LogP contribution is -2.42. The van der Waals surface area contributed by atoms with Gasteiger partial charge in [0, 0.05) is 12.6 Å². The molecule has 3 unspecified atom stereocenters. The van der Waals surface area contributed by atoms with Crippen LogP contribution in [0.5, 0.6) is 0 Å². The molecule has 0 radical (unpaired) electrons. The Balaban J connectivity index is 2.07. The summed E-state index contributed by atoms with van der Waals surface area (Å²) in [6, 6.07) is 3.72. The molecule has 1 aromatic heterocycles. The van der Waals surface area contributed by atoms with Crippen LogP contribution in [0.1, 0.15) is 50.5 Å². The van der Waals surface area contributed by atoms with Gasteiger partial charge in [0.25, 0.3) is 5.91 Å². The molecule has 21 heavy (non-hydrogen) atoms. The minimum Gasteiger partial charge on any atom is -0.370 e. The zero-order valence-corrected chi connectivity index (χ0v) is 13.7. The van der Waals surface area contributed by atoms with E-state index < -0.39 is 0 Å². The lowest BCUT2D eigenvalue weighted by Gasteiger charge is -2.33.